The monoisotopic (exact) mass is 361 g/mol. The first-order valence-electron chi connectivity index (χ1n) is 8.90. The van der Waals surface area contributed by atoms with Gasteiger partial charge in [-0.25, -0.2) is 0 Å². The number of anilines is 1. The molecule has 1 amide bonds. The number of rotatable bonds is 7. The van der Waals surface area contributed by atoms with Gasteiger partial charge in [-0.3, -0.25) is 9.78 Å². The van der Waals surface area contributed by atoms with Gasteiger partial charge in [0.05, 0.1) is 0 Å². The Morgan fingerprint density at radius 1 is 1.04 bits per heavy atom. The van der Waals surface area contributed by atoms with Gasteiger partial charge in [-0.2, -0.15) is 0 Å². The zero-order valence-electron chi connectivity index (χ0n) is 15.6. The Kier molecular flexibility index (Phi) is 6.10. The molecule has 2 aromatic heterocycles. The smallest absolute Gasteiger partial charge is 0.274 e. The lowest BCUT2D eigenvalue weighted by Crippen LogP contribution is -2.29. The quantitative estimate of drug-likeness (QED) is 0.700. The van der Waals surface area contributed by atoms with E-state index in [0.29, 0.717) is 24.6 Å². The van der Waals surface area contributed by atoms with Crippen LogP contribution in [0, 0.1) is 6.92 Å². The van der Waals surface area contributed by atoms with E-state index in [1.165, 1.54) is 11.1 Å². The fourth-order valence-corrected chi connectivity index (χ4v) is 2.68. The molecule has 0 radical (unpaired) electrons. The van der Waals surface area contributed by atoms with Crippen molar-refractivity contribution < 1.29 is 4.79 Å². The van der Waals surface area contributed by atoms with Crippen LogP contribution in [0.25, 0.3) is 0 Å². The van der Waals surface area contributed by atoms with Crippen molar-refractivity contribution in [1.29, 1.82) is 0 Å². The van der Waals surface area contributed by atoms with Crippen LogP contribution in [-0.4, -0.2) is 39.6 Å². The zero-order valence-corrected chi connectivity index (χ0v) is 15.6. The highest BCUT2D eigenvalue weighted by Crippen LogP contribution is 2.11. The number of aryl methyl sites for hydroxylation is 1. The van der Waals surface area contributed by atoms with Crippen LogP contribution in [-0.2, 0) is 13.0 Å². The molecule has 0 saturated carbocycles. The lowest BCUT2D eigenvalue weighted by atomic mass is 10.1. The van der Waals surface area contributed by atoms with Crippen molar-refractivity contribution in [2.24, 2.45) is 0 Å². The Bertz CT molecular complexity index is 881. The van der Waals surface area contributed by atoms with Gasteiger partial charge >= 0.3 is 0 Å². The van der Waals surface area contributed by atoms with Gasteiger partial charge < -0.3 is 10.2 Å². The summed E-state index contributed by atoms with van der Waals surface area (Å²) >= 11 is 0. The molecule has 0 atom stereocenters. The predicted molar refractivity (Wildman–Crippen MR) is 105 cm³/mol. The number of carbonyl (C=O) groups excluding carboxylic acids is 1. The van der Waals surface area contributed by atoms with Gasteiger partial charge in [0, 0.05) is 32.5 Å². The third-order valence-corrected chi connectivity index (χ3v) is 4.44. The van der Waals surface area contributed by atoms with E-state index in [-0.39, 0.29) is 5.91 Å². The average Bonchev–Trinajstić information content (AvgIpc) is 2.72. The Morgan fingerprint density at radius 3 is 2.52 bits per heavy atom. The minimum absolute atomic E-state index is 0.137. The number of hydrogen-bond acceptors (Lipinski definition) is 5. The third-order valence-electron chi connectivity index (χ3n) is 4.44. The van der Waals surface area contributed by atoms with Crippen molar-refractivity contribution >= 4 is 11.7 Å². The van der Waals surface area contributed by atoms with Gasteiger partial charge in [0.25, 0.3) is 5.91 Å². The number of nitrogens with one attached hydrogen (secondary N) is 1. The summed E-state index contributed by atoms with van der Waals surface area (Å²) < 4.78 is 0. The van der Waals surface area contributed by atoms with Crippen molar-refractivity contribution in [2.45, 2.75) is 19.9 Å². The average molecular weight is 361 g/mol. The molecule has 0 saturated heterocycles. The van der Waals surface area contributed by atoms with E-state index in [0.717, 1.165) is 12.0 Å². The maximum atomic E-state index is 12.5. The second-order valence-corrected chi connectivity index (χ2v) is 6.42. The van der Waals surface area contributed by atoms with Crippen LogP contribution in [0.15, 0.2) is 60.9 Å². The van der Waals surface area contributed by atoms with Crippen molar-refractivity contribution in [2.75, 3.05) is 18.9 Å². The van der Waals surface area contributed by atoms with Gasteiger partial charge in [-0.15, -0.1) is 10.2 Å². The molecule has 0 aliphatic heterocycles. The van der Waals surface area contributed by atoms with Gasteiger partial charge in [-0.1, -0.05) is 24.3 Å². The molecule has 6 heteroatoms. The van der Waals surface area contributed by atoms with E-state index in [1.54, 1.807) is 36.5 Å². The summed E-state index contributed by atoms with van der Waals surface area (Å²) in [6.45, 7) is 3.35. The molecule has 0 aliphatic carbocycles. The molecule has 1 N–H and O–H groups in total. The van der Waals surface area contributed by atoms with Crippen molar-refractivity contribution in [1.82, 2.24) is 20.1 Å². The number of benzene rings is 1. The molecule has 0 unspecified atom stereocenters. The molecular weight excluding hydrogens is 338 g/mol. The maximum absolute atomic E-state index is 12.5. The first kappa shape index (κ1) is 18.5. The lowest BCUT2D eigenvalue weighted by Gasteiger charge is -2.16. The van der Waals surface area contributed by atoms with Crippen LogP contribution in [0.5, 0.6) is 0 Å². The number of pyridine rings is 1. The molecule has 0 aliphatic rings. The first-order chi connectivity index (χ1) is 13.1. The van der Waals surface area contributed by atoms with Crippen LogP contribution in [0.1, 0.15) is 27.2 Å². The van der Waals surface area contributed by atoms with E-state index < -0.39 is 0 Å². The largest absolute Gasteiger partial charge is 0.364 e. The molecular formula is C21H23N5O. The number of likely N-dealkylation sites (N-methyl/N-ethyl adjacent to an activating group) is 1. The fourth-order valence-electron chi connectivity index (χ4n) is 2.68. The number of hydrogen-bond donors (Lipinski definition) is 1. The standard InChI is InChI=1S/C21H23N5O/c1-16-5-3-4-6-18(16)15-23-20-8-7-19(24-25-20)21(27)26(2)14-11-17-9-12-22-13-10-17/h3-10,12-13H,11,14-15H2,1-2H3,(H,23,25). The zero-order chi connectivity index (χ0) is 19.1. The van der Waals surface area contributed by atoms with Gasteiger partial charge in [0.1, 0.15) is 5.82 Å². The summed E-state index contributed by atoms with van der Waals surface area (Å²) in [7, 11) is 1.77. The Morgan fingerprint density at radius 2 is 1.81 bits per heavy atom. The van der Waals surface area contributed by atoms with Crippen LogP contribution in [0.2, 0.25) is 0 Å². The highest BCUT2D eigenvalue weighted by atomic mass is 16.2. The summed E-state index contributed by atoms with van der Waals surface area (Å²) in [5.74, 6) is 0.510. The molecule has 27 heavy (non-hydrogen) atoms. The molecule has 0 spiro atoms. The van der Waals surface area contributed by atoms with Crippen LogP contribution >= 0.6 is 0 Å². The minimum Gasteiger partial charge on any atom is -0.364 e. The summed E-state index contributed by atoms with van der Waals surface area (Å²) in [5, 5.41) is 11.4. The third kappa shape index (κ3) is 5.10. The fraction of sp³-hybridized carbons (Fsp3) is 0.238. The number of carbonyl (C=O) groups is 1. The van der Waals surface area contributed by atoms with Crippen LogP contribution in [0.3, 0.4) is 0 Å². The minimum atomic E-state index is -0.137. The van der Waals surface area contributed by atoms with E-state index in [1.807, 2.05) is 24.3 Å². The van der Waals surface area contributed by atoms with Gasteiger partial charge in [0.15, 0.2) is 5.69 Å². The van der Waals surface area contributed by atoms with Crippen LogP contribution < -0.4 is 5.32 Å². The number of aromatic nitrogens is 3. The van der Waals surface area contributed by atoms with Crippen LogP contribution in [0.4, 0.5) is 5.82 Å². The van der Waals surface area contributed by atoms with E-state index in [4.69, 9.17) is 0 Å². The SMILES string of the molecule is Cc1ccccc1CNc1ccc(C(=O)N(C)CCc2ccncc2)nn1. The second kappa shape index (κ2) is 8.89. The van der Waals surface area contributed by atoms with Crippen molar-refractivity contribution in [3.05, 3.63) is 83.3 Å². The number of nitrogens with zero attached hydrogens (tertiary/aromatic N) is 4. The van der Waals surface area contributed by atoms with E-state index in [2.05, 4.69) is 39.6 Å². The normalized spacial score (nSPS) is 10.4. The van der Waals surface area contributed by atoms with E-state index >= 15 is 0 Å². The number of amides is 1. The van der Waals surface area contributed by atoms with Gasteiger partial charge in [-0.05, 0) is 54.3 Å². The van der Waals surface area contributed by atoms with E-state index in [9.17, 15) is 4.79 Å². The second-order valence-electron chi connectivity index (χ2n) is 6.42. The van der Waals surface area contributed by atoms with Gasteiger partial charge in [0.2, 0.25) is 0 Å². The highest BCUT2D eigenvalue weighted by molar-refractivity contribution is 5.92. The summed E-state index contributed by atoms with van der Waals surface area (Å²) in [4.78, 5) is 18.1. The lowest BCUT2D eigenvalue weighted by molar-refractivity contribution is 0.0789. The van der Waals surface area contributed by atoms with Crippen molar-refractivity contribution in [3.63, 3.8) is 0 Å². The summed E-state index contributed by atoms with van der Waals surface area (Å²) in [6.07, 6.45) is 4.28. The maximum Gasteiger partial charge on any atom is 0.274 e. The molecule has 1 aromatic carbocycles. The Balaban J connectivity index is 1.54. The molecule has 0 fully saturated rings. The highest BCUT2D eigenvalue weighted by Gasteiger charge is 2.13. The molecule has 3 rings (SSSR count). The molecule has 2 heterocycles. The molecule has 0 bridgehead atoms. The predicted octanol–water partition coefficient (Wildman–Crippen LogP) is 3.11. The summed E-state index contributed by atoms with van der Waals surface area (Å²) in [6, 6.07) is 15.6. The Hall–Kier alpha value is -3.28. The Labute approximate surface area is 159 Å². The summed E-state index contributed by atoms with van der Waals surface area (Å²) in [5.41, 5.74) is 3.91. The molecule has 138 valence electrons. The molecule has 3 aromatic rings. The van der Waals surface area contributed by atoms with Crippen molar-refractivity contribution in [3.8, 4) is 0 Å². The topological polar surface area (TPSA) is 71.0 Å². The molecule has 6 nitrogen and oxygen atoms in total. The first-order valence-corrected chi connectivity index (χ1v) is 8.90.